The number of hydrogen-bond acceptors (Lipinski definition) is 5. The molecule has 3 N–H and O–H groups in total. The lowest BCUT2D eigenvalue weighted by Gasteiger charge is -2.15. The van der Waals surface area contributed by atoms with E-state index < -0.39 is 0 Å². The van der Waals surface area contributed by atoms with Gasteiger partial charge in [-0.25, -0.2) is 0 Å². The molecule has 0 aromatic carbocycles. The molecule has 1 aliphatic rings. The highest BCUT2D eigenvalue weighted by atomic mass is 16.5. The summed E-state index contributed by atoms with van der Waals surface area (Å²) in [5.41, 5.74) is 6.09. The number of ether oxygens (including phenoxy) is 1. The number of nitrogen functional groups attached to an aromatic ring is 1. The van der Waals surface area contributed by atoms with E-state index in [9.17, 15) is 0 Å². The number of anilines is 2. The quantitative estimate of drug-likeness (QED) is 0.791. The van der Waals surface area contributed by atoms with Crippen molar-refractivity contribution in [2.24, 2.45) is 5.41 Å². The Balaban J connectivity index is 1.97. The van der Waals surface area contributed by atoms with Gasteiger partial charge in [-0.15, -0.1) is 0 Å². The van der Waals surface area contributed by atoms with Crippen LogP contribution in [0.25, 0.3) is 0 Å². The fourth-order valence-corrected chi connectivity index (χ4v) is 2.14. The van der Waals surface area contributed by atoms with Gasteiger partial charge in [0.2, 0.25) is 11.8 Å². The van der Waals surface area contributed by atoms with Crippen LogP contribution in [0.5, 0.6) is 5.88 Å². The first-order valence-electron chi connectivity index (χ1n) is 6.10. The van der Waals surface area contributed by atoms with E-state index >= 15 is 0 Å². The van der Waals surface area contributed by atoms with E-state index in [4.69, 9.17) is 10.5 Å². The van der Waals surface area contributed by atoms with Gasteiger partial charge in [-0.1, -0.05) is 13.3 Å². The van der Waals surface area contributed by atoms with Crippen molar-refractivity contribution >= 4 is 11.8 Å². The van der Waals surface area contributed by atoms with Crippen LogP contribution in [0.1, 0.15) is 32.6 Å². The number of rotatable bonds is 6. The van der Waals surface area contributed by atoms with Crippen LogP contribution in [0.4, 0.5) is 11.8 Å². The molecule has 0 spiro atoms. The van der Waals surface area contributed by atoms with Crippen molar-refractivity contribution in [2.75, 3.05) is 24.7 Å². The van der Waals surface area contributed by atoms with Gasteiger partial charge in [-0.2, -0.15) is 9.97 Å². The Morgan fingerprint density at radius 3 is 2.82 bits per heavy atom. The average molecular weight is 236 g/mol. The predicted octanol–water partition coefficient (Wildman–Crippen LogP) is 2.06. The molecule has 5 nitrogen and oxygen atoms in total. The topological polar surface area (TPSA) is 73.1 Å². The summed E-state index contributed by atoms with van der Waals surface area (Å²) >= 11 is 0. The molecule has 94 valence electrons. The molecule has 0 bridgehead atoms. The summed E-state index contributed by atoms with van der Waals surface area (Å²) in [6.45, 7) is 3.19. The van der Waals surface area contributed by atoms with Gasteiger partial charge in [-0.3, -0.25) is 0 Å². The van der Waals surface area contributed by atoms with Crippen molar-refractivity contribution in [3.8, 4) is 5.88 Å². The van der Waals surface area contributed by atoms with Crippen LogP contribution in [0.3, 0.4) is 0 Å². The van der Waals surface area contributed by atoms with Gasteiger partial charge in [0, 0.05) is 12.6 Å². The van der Waals surface area contributed by atoms with Crippen LogP contribution in [-0.4, -0.2) is 23.6 Å². The second-order valence-corrected chi connectivity index (χ2v) is 4.76. The van der Waals surface area contributed by atoms with E-state index in [0.29, 0.717) is 11.3 Å². The normalized spacial score (nSPS) is 16.6. The van der Waals surface area contributed by atoms with Gasteiger partial charge < -0.3 is 15.8 Å². The molecule has 1 aromatic heterocycles. The molecule has 0 amide bonds. The highest BCUT2D eigenvalue weighted by Crippen LogP contribution is 2.49. The number of nitrogens with two attached hydrogens (primary N) is 1. The van der Waals surface area contributed by atoms with Gasteiger partial charge in [0.1, 0.15) is 5.82 Å². The molecule has 1 saturated carbocycles. The summed E-state index contributed by atoms with van der Waals surface area (Å²) in [5, 5.41) is 3.34. The molecule has 0 radical (unpaired) electrons. The molecule has 0 atom stereocenters. The van der Waals surface area contributed by atoms with Gasteiger partial charge in [0.25, 0.3) is 0 Å². The van der Waals surface area contributed by atoms with E-state index in [1.165, 1.54) is 25.7 Å². The number of methoxy groups -OCH3 is 1. The Morgan fingerprint density at radius 1 is 1.47 bits per heavy atom. The van der Waals surface area contributed by atoms with Gasteiger partial charge >= 0.3 is 0 Å². The molecule has 1 fully saturated rings. The molecule has 1 aliphatic carbocycles. The van der Waals surface area contributed by atoms with E-state index in [0.717, 1.165) is 12.4 Å². The Hall–Kier alpha value is -1.52. The smallest absolute Gasteiger partial charge is 0.225 e. The molecule has 0 aliphatic heterocycles. The van der Waals surface area contributed by atoms with E-state index in [2.05, 4.69) is 22.2 Å². The Morgan fingerprint density at radius 2 is 2.24 bits per heavy atom. The largest absolute Gasteiger partial charge is 0.481 e. The van der Waals surface area contributed by atoms with E-state index in [1.54, 1.807) is 13.2 Å². The molecular formula is C12H20N4O. The molecule has 0 saturated heterocycles. The van der Waals surface area contributed by atoms with E-state index in [1.807, 2.05) is 0 Å². The minimum absolute atomic E-state index is 0.243. The summed E-state index contributed by atoms with van der Waals surface area (Å²) in [5.74, 6) is 1.49. The van der Waals surface area contributed by atoms with Gasteiger partial charge in [-0.05, 0) is 24.7 Å². The van der Waals surface area contributed by atoms with Crippen molar-refractivity contribution in [3.63, 3.8) is 0 Å². The minimum atomic E-state index is 0.243. The Labute approximate surface area is 102 Å². The summed E-state index contributed by atoms with van der Waals surface area (Å²) in [7, 11) is 1.57. The van der Waals surface area contributed by atoms with Crippen LogP contribution in [-0.2, 0) is 0 Å². The summed E-state index contributed by atoms with van der Waals surface area (Å²) in [4.78, 5) is 8.10. The standard InChI is InChI=1S/C12H20N4O/c1-3-4-12(5-6-12)8-14-9-7-10(17-2)16-11(13)15-9/h7H,3-6,8H2,1-2H3,(H3,13,14,15,16). The lowest BCUT2D eigenvalue weighted by Crippen LogP contribution is -2.16. The number of hydrogen-bond donors (Lipinski definition) is 2. The highest BCUT2D eigenvalue weighted by Gasteiger charge is 2.41. The maximum atomic E-state index is 5.61. The molecule has 5 heteroatoms. The van der Waals surface area contributed by atoms with Crippen molar-refractivity contribution in [2.45, 2.75) is 32.6 Å². The third kappa shape index (κ3) is 2.99. The third-order valence-corrected chi connectivity index (χ3v) is 3.31. The molecule has 0 unspecified atom stereocenters. The van der Waals surface area contributed by atoms with Crippen molar-refractivity contribution in [3.05, 3.63) is 6.07 Å². The molecule has 1 heterocycles. The van der Waals surface area contributed by atoms with Gasteiger partial charge in [0.05, 0.1) is 7.11 Å². The van der Waals surface area contributed by atoms with Crippen molar-refractivity contribution in [1.29, 1.82) is 0 Å². The third-order valence-electron chi connectivity index (χ3n) is 3.31. The van der Waals surface area contributed by atoms with Gasteiger partial charge in [0.15, 0.2) is 0 Å². The molecule has 17 heavy (non-hydrogen) atoms. The fraction of sp³-hybridized carbons (Fsp3) is 0.667. The summed E-state index contributed by atoms with van der Waals surface area (Å²) in [6, 6.07) is 1.78. The Bertz CT molecular complexity index is 390. The zero-order chi connectivity index (χ0) is 12.3. The summed E-state index contributed by atoms with van der Waals surface area (Å²) in [6.07, 6.45) is 5.13. The van der Waals surface area contributed by atoms with E-state index in [-0.39, 0.29) is 5.95 Å². The fourth-order valence-electron chi connectivity index (χ4n) is 2.14. The summed E-state index contributed by atoms with van der Waals surface area (Å²) < 4.78 is 5.06. The lowest BCUT2D eigenvalue weighted by molar-refractivity contribution is 0.398. The van der Waals surface area contributed by atoms with Crippen molar-refractivity contribution < 1.29 is 4.74 Å². The predicted molar refractivity (Wildman–Crippen MR) is 68.1 cm³/mol. The van der Waals surface area contributed by atoms with Crippen LogP contribution in [0.15, 0.2) is 6.07 Å². The zero-order valence-corrected chi connectivity index (χ0v) is 10.5. The minimum Gasteiger partial charge on any atom is -0.481 e. The number of nitrogens with one attached hydrogen (secondary N) is 1. The van der Waals surface area contributed by atoms with Crippen LogP contribution in [0, 0.1) is 5.41 Å². The second-order valence-electron chi connectivity index (χ2n) is 4.76. The molecule has 1 aromatic rings. The number of nitrogens with zero attached hydrogens (tertiary/aromatic N) is 2. The monoisotopic (exact) mass is 236 g/mol. The first-order valence-corrected chi connectivity index (χ1v) is 6.10. The lowest BCUT2D eigenvalue weighted by atomic mass is 10.0. The highest BCUT2D eigenvalue weighted by molar-refractivity contribution is 5.43. The maximum Gasteiger partial charge on any atom is 0.225 e. The zero-order valence-electron chi connectivity index (χ0n) is 10.5. The SMILES string of the molecule is CCCC1(CNc2cc(OC)nc(N)n2)CC1. The molecular weight excluding hydrogens is 216 g/mol. The van der Waals surface area contributed by atoms with Crippen LogP contribution >= 0.6 is 0 Å². The van der Waals surface area contributed by atoms with Crippen LogP contribution < -0.4 is 15.8 Å². The second kappa shape index (κ2) is 4.77. The Kier molecular flexibility index (Phi) is 3.36. The first kappa shape index (κ1) is 12.0. The number of aromatic nitrogens is 2. The maximum absolute atomic E-state index is 5.61. The average Bonchev–Trinajstić information content (AvgIpc) is 3.07. The molecule has 2 rings (SSSR count). The first-order chi connectivity index (χ1) is 8.17. The van der Waals surface area contributed by atoms with Crippen molar-refractivity contribution in [1.82, 2.24) is 9.97 Å². The van der Waals surface area contributed by atoms with Crippen LogP contribution in [0.2, 0.25) is 0 Å².